The Morgan fingerprint density at radius 2 is 2.00 bits per heavy atom. The predicted molar refractivity (Wildman–Crippen MR) is 95.2 cm³/mol. The summed E-state index contributed by atoms with van der Waals surface area (Å²) in [6.07, 6.45) is -1.45. The second-order valence-corrected chi connectivity index (χ2v) is 6.71. The summed E-state index contributed by atoms with van der Waals surface area (Å²) in [6.45, 7) is 1.42. The van der Waals surface area contributed by atoms with E-state index in [0.29, 0.717) is 48.1 Å². The summed E-state index contributed by atoms with van der Waals surface area (Å²) in [5.74, 6) is 0.585. The van der Waals surface area contributed by atoms with Crippen LogP contribution < -0.4 is 4.90 Å². The lowest BCUT2D eigenvalue weighted by Crippen LogP contribution is -2.49. The number of imidazole rings is 1. The van der Waals surface area contributed by atoms with E-state index in [4.69, 9.17) is 4.74 Å². The van der Waals surface area contributed by atoms with Gasteiger partial charge in [-0.3, -0.25) is 4.57 Å². The maximum absolute atomic E-state index is 11.7. The Balaban J connectivity index is 1.57. The largest absolute Gasteiger partial charge is 0.569 e. The minimum absolute atomic E-state index is 0.414. The van der Waals surface area contributed by atoms with Crippen LogP contribution in [-0.4, -0.2) is 103 Å². The molecule has 3 N–H and O–H groups in total. The van der Waals surface area contributed by atoms with Gasteiger partial charge in [-0.15, -0.1) is 5.01 Å². The molecule has 14 nitrogen and oxygen atoms in total. The second kappa shape index (κ2) is 7.90. The molecule has 2 fully saturated rings. The third-order valence-corrected chi connectivity index (χ3v) is 5.08. The van der Waals surface area contributed by atoms with Gasteiger partial charge in [0.05, 0.1) is 31.0 Å². The number of piperazine rings is 1. The highest BCUT2D eigenvalue weighted by Crippen LogP contribution is 2.32. The number of fused-ring (bicyclic) bond motifs is 1. The van der Waals surface area contributed by atoms with Crippen molar-refractivity contribution in [1.82, 2.24) is 24.5 Å². The van der Waals surface area contributed by atoms with Gasteiger partial charge in [0.25, 0.3) is 0 Å². The van der Waals surface area contributed by atoms with Crippen LogP contribution in [0.2, 0.25) is 0 Å². The maximum Gasteiger partial charge on any atom is 0.232 e. The van der Waals surface area contributed by atoms with Gasteiger partial charge in [-0.05, 0) is 0 Å². The normalized spacial score (nSPS) is 28.3. The summed E-state index contributed by atoms with van der Waals surface area (Å²) < 4.78 is 7.08. The van der Waals surface area contributed by atoms with E-state index in [1.165, 1.54) is 29.3 Å². The zero-order chi connectivity index (χ0) is 20.5. The third kappa shape index (κ3) is 3.39. The molecule has 158 valence electrons. The topological polar surface area (TPSA) is 168 Å². The van der Waals surface area contributed by atoms with E-state index in [-0.39, 0.29) is 0 Å². The lowest BCUT2D eigenvalue weighted by molar-refractivity contribution is -0.710. The lowest BCUT2D eigenvalue weighted by atomic mass is 10.1. The summed E-state index contributed by atoms with van der Waals surface area (Å²) in [5, 5.41) is 46.1. The van der Waals surface area contributed by atoms with Crippen molar-refractivity contribution in [3.8, 4) is 0 Å². The summed E-state index contributed by atoms with van der Waals surface area (Å²) in [4.78, 5) is 19.8. The number of aliphatic hydroxyl groups is 3. The number of hydrogen-bond donors (Lipinski definition) is 3. The van der Waals surface area contributed by atoms with E-state index >= 15 is 0 Å². The average molecular weight is 410 g/mol. The fraction of sp³-hybridized carbons (Fsp3) is 0.667. The van der Waals surface area contributed by atoms with E-state index in [0.717, 1.165) is 0 Å². The first-order valence-corrected chi connectivity index (χ1v) is 9.06. The molecule has 14 heteroatoms. The van der Waals surface area contributed by atoms with E-state index in [1.807, 2.05) is 4.90 Å². The Kier molecular flexibility index (Phi) is 5.31. The lowest BCUT2D eigenvalue weighted by Gasteiger charge is -2.32. The first-order chi connectivity index (χ1) is 14.0. The van der Waals surface area contributed by atoms with E-state index in [9.17, 15) is 20.5 Å². The van der Waals surface area contributed by atoms with Gasteiger partial charge in [0.2, 0.25) is 5.28 Å². The number of anilines is 1. The van der Waals surface area contributed by atoms with Crippen LogP contribution >= 0.6 is 0 Å². The molecule has 0 aliphatic carbocycles. The van der Waals surface area contributed by atoms with Gasteiger partial charge in [0.15, 0.2) is 23.2 Å². The molecule has 2 saturated heterocycles. The summed E-state index contributed by atoms with van der Waals surface area (Å²) in [5.41, 5.74) is 0.923. The fourth-order valence-electron chi connectivity index (χ4n) is 3.57. The third-order valence-electron chi connectivity index (χ3n) is 5.08. The number of nitrogens with zero attached hydrogens (tertiary/aromatic N) is 8. The van der Waals surface area contributed by atoms with Gasteiger partial charge in [0, 0.05) is 13.1 Å². The molecular formula is C15H22N8O6. The zero-order valence-corrected chi connectivity index (χ0v) is 15.6. The Bertz CT molecular complexity index is 885. The van der Waals surface area contributed by atoms with Gasteiger partial charge in [0.1, 0.15) is 31.7 Å². The quantitative estimate of drug-likeness (QED) is 0.283. The molecule has 0 bridgehead atoms. The van der Waals surface area contributed by atoms with Crippen molar-refractivity contribution in [2.45, 2.75) is 24.5 Å². The number of hydrazine groups is 1. The second-order valence-electron chi connectivity index (χ2n) is 6.71. The number of aliphatic hydroxyl groups excluding tert-OH is 3. The van der Waals surface area contributed by atoms with Crippen molar-refractivity contribution in [3.05, 3.63) is 17.9 Å². The number of rotatable bonds is 5. The maximum atomic E-state index is 11.7. The number of hydrogen-bond acceptors (Lipinski definition) is 11. The molecule has 0 radical (unpaired) electrons. The molecule has 4 rings (SSSR count). The van der Waals surface area contributed by atoms with Crippen molar-refractivity contribution in [1.29, 1.82) is 0 Å². The van der Waals surface area contributed by atoms with Crippen LogP contribution in [0.3, 0.4) is 0 Å². The summed E-state index contributed by atoms with van der Waals surface area (Å²) in [7, 11) is 1.31. The first kappa shape index (κ1) is 19.5. The van der Waals surface area contributed by atoms with Crippen LogP contribution in [0.5, 0.6) is 0 Å². The summed E-state index contributed by atoms with van der Waals surface area (Å²) >= 11 is 0. The van der Waals surface area contributed by atoms with Crippen LogP contribution in [0.1, 0.15) is 6.23 Å². The highest BCUT2D eigenvalue weighted by atomic mass is 16.7. The molecule has 4 heterocycles. The van der Waals surface area contributed by atoms with E-state index in [1.54, 1.807) is 0 Å². The van der Waals surface area contributed by atoms with E-state index < -0.39 is 31.1 Å². The molecule has 0 aromatic carbocycles. The molecule has 0 spiro atoms. The molecule has 29 heavy (non-hydrogen) atoms. The smallest absolute Gasteiger partial charge is 0.232 e. The molecule has 2 aromatic rings. The van der Waals surface area contributed by atoms with E-state index in [2.05, 4.69) is 25.1 Å². The molecule has 4 atom stereocenters. The van der Waals surface area contributed by atoms with Crippen LogP contribution in [0, 0.1) is 5.21 Å². The fourth-order valence-corrected chi connectivity index (χ4v) is 3.57. The standard InChI is InChI=1S/C15H22N8O6/c1-28-19-23(27)21-4-2-20(3-5-21)13-10-14(17-7-16-13)22(8-18-10)15-12(26)11(25)9(6-24)29-15/h7-9,11-12,15,24-26H,2-6H2,1H3/b23-19-/t9-,11-,12-,15-/m1/s1. The molecule has 2 aliphatic rings. The molecule has 0 unspecified atom stereocenters. The van der Waals surface area contributed by atoms with Crippen molar-refractivity contribution in [2.75, 3.05) is 44.8 Å². The Labute approximate surface area is 164 Å². The Hall–Kier alpha value is -2.81. The molecule has 2 aliphatic heterocycles. The predicted octanol–water partition coefficient (Wildman–Crippen LogP) is -2.00. The van der Waals surface area contributed by atoms with Crippen molar-refractivity contribution in [3.63, 3.8) is 0 Å². The van der Waals surface area contributed by atoms with Gasteiger partial charge in [-0.1, -0.05) is 0 Å². The van der Waals surface area contributed by atoms with Gasteiger partial charge >= 0.3 is 0 Å². The minimum atomic E-state index is -1.24. The Morgan fingerprint density at radius 1 is 1.24 bits per heavy atom. The molecule has 2 aromatic heterocycles. The van der Waals surface area contributed by atoms with Crippen molar-refractivity contribution >= 4 is 17.0 Å². The number of ether oxygens (including phenoxy) is 1. The highest BCUT2D eigenvalue weighted by Gasteiger charge is 2.44. The number of aromatic nitrogens is 4. The van der Waals surface area contributed by atoms with Crippen LogP contribution in [0.4, 0.5) is 5.82 Å². The molecule has 0 saturated carbocycles. The van der Waals surface area contributed by atoms with Gasteiger partial charge in [-0.2, -0.15) is 0 Å². The Morgan fingerprint density at radius 3 is 2.66 bits per heavy atom. The van der Waals surface area contributed by atoms with Gasteiger partial charge < -0.3 is 35.0 Å². The molecule has 0 amide bonds. The summed E-state index contributed by atoms with van der Waals surface area (Å²) in [6, 6.07) is 0. The molecular weight excluding hydrogens is 388 g/mol. The SMILES string of the molecule is CO/N=[N+](\[O-])N1CCN(c2ncnc3c2ncn3[C@@H]2O[C@H](CO)[C@@H](O)[C@H]2O)CC1. The first-order valence-electron chi connectivity index (χ1n) is 9.06. The zero-order valence-electron chi connectivity index (χ0n) is 15.6. The van der Waals surface area contributed by atoms with Crippen molar-refractivity contribution < 1.29 is 29.9 Å². The average Bonchev–Trinajstić information content (AvgIpc) is 3.29. The monoisotopic (exact) mass is 410 g/mol. The minimum Gasteiger partial charge on any atom is -0.569 e. The van der Waals surface area contributed by atoms with Crippen molar-refractivity contribution in [2.24, 2.45) is 5.28 Å². The van der Waals surface area contributed by atoms with Crippen LogP contribution in [0.15, 0.2) is 17.9 Å². The van der Waals surface area contributed by atoms with Gasteiger partial charge in [-0.25, -0.2) is 15.0 Å². The van der Waals surface area contributed by atoms with Crippen LogP contribution in [-0.2, 0) is 9.57 Å². The highest BCUT2D eigenvalue weighted by molar-refractivity contribution is 5.83. The van der Waals surface area contributed by atoms with Crippen LogP contribution in [0.25, 0.3) is 11.2 Å².